The lowest BCUT2D eigenvalue weighted by molar-refractivity contribution is -0.134. The average Bonchev–Trinajstić information content (AvgIpc) is 2.01. The first kappa shape index (κ1) is 8.25. The molecule has 0 atom stereocenters. The Kier molecular flexibility index (Phi) is 2.42. The Morgan fingerprint density at radius 3 is 3.08 bits per heavy atom. The number of aromatic amines is 1. The molecular formula is C6H7N3O3. The Labute approximate surface area is 67.3 Å². The third kappa shape index (κ3) is 2.41. The van der Waals surface area contributed by atoms with Crippen molar-refractivity contribution < 1.29 is 9.90 Å². The highest BCUT2D eigenvalue weighted by molar-refractivity contribution is 5.72. The van der Waals surface area contributed by atoms with Crippen LogP contribution in [0.5, 0.6) is 0 Å². The second-order valence-corrected chi connectivity index (χ2v) is 2.03. The predicted octanol–water partition coefficient (Wildman–Crippen LogP) is -0.734. The number of aromatic nitrogens is 2. The van der Waals surface area contributed by atoms with Crippen LogP contribution in [-0.4, -0.2) is 27.6 Å². The summed E-state index contributed by atoms with van der Waals surface area (Å²) in [5, 5.41) is 10.7. The summed E-state index contributed by atoms with van der Waals surface area (Å²) in [4.78, 5) is 26.4. The first-order valence-electron chi connectivity index (χ1n) is 3.20. The Hall–Kier alpha value is -1.85. The van der Waals surface area contributed by atoms with Crippen LogP contribution in [0.15, 0.2) is 17.1 Å². The van der Waals surface area contributed by atoms with Gasteiger partial charge in [0.05, 0.1) is 0 Å². The SMILES string of the molecule is O=C(O)CNc1cc[nH]c(=O)n1. The molecule has 0 saturated heterocycles. The maximum absolute atomic E-state index is 10.6. The van der Waals surface area contributed by atoms with Crippen LogP contribution in [0.4, 0.5) is 5.82 Å². The molecule has 0 aromatic carbocycles. The number of hydrogen-bond acceptors (Lipinski definition) is 4. The highest BCUT2D eigenvalue weighted by Crippen LogP contribution is 1.93. The summed E-state index contributed by atoms with van der Waals surface area (Å²) in [6.07, 6.45) is 1.39. The Bertz CT molecular complexity index is 333. The number of hydrogen-bond donors (Lipinski definition) is 3. The highest BCUT2D eigenvalue weighted by Gasteiger charge is 1.97. The number of anilines is 1. The maximum Gasteiger partial charge on any atom is 0.346 e. The molecule has 0 radical (unpaired) electrons. The molecule has 1 rings (SSSR count). The van der Waals surface area contributed by atoms with E-state index >= 15 is 0 Å². The van der Waals surface area contributed by atoms with Crippen molar-refractivity contribution in [3.05, 3.63) is 22.7 Å². The van der Waals surface area contributed by atoms with E-state index in [2.05, 4.69) is 15.3 Å². The van der Waals surface area contributed by atoms with Crippen LogP contribution < -0.4 is 11.0 Å². The predicted molar refractivity (Wildman–Crippen MR) is 41.0 cm³/mol. The van der Waals surface area contributed by atoms with Crippen molar-refractivity contribution in [3.8, 4) is 0 Å². The summed E-state index contributed by atoms with van der Waals surface area (Å²) in [6.45, 7) is -0.254. The largest absolute Gasteiger partial charge is 0.480 e. The fraction of sp³-hybridized carbons (Fsp3) is 0.167. The van der Waals surface area contributed by atoms with E-state index in [1.54, 1.807) is 0 Å². The van der Waals surface area contributed by atoms with E-state index in [4.69, 9.17) is 5.11 Å². The minimum Gasteiger partial charge on any atom is -0.480 e. The summed E-state index contributed by atoms with van der Waals surface area (Å²) < 4.78 is 0. The van der Waals surface area contributed by atoms with Crippen LogP contribution in [0.25, 0.3) is 0 Å². The molecule has 0 aliphatic heterocycles. The van der Waals surface area contributed by atoms with Crippen LogP contribution in [0, 0.1) is 0 Å². The van der Waals surface area contributed by atoms with E-state index in [1.807, 2.05) is 0 Å². The molecule has 64 valence electrons. The standard InChI is InChI=1S/C6H7N3O3/c10-5(11)3-8-4-1-2-7-6(12)9-4/h1-2H,3H2,(H,10,11)(H2,7,8,9,12). The average molecular weight is 169 g/mol. The van der Waals surface area contributed by atoms with E-state index in [1.165, 1.54) is 12.3 Å². The maximum atomic E-state index is 10.6. The fourth-order valence-electron chi connectivity index (χ4n) is 0.635. The van der Waals surface area contributed by atoms with E-state index in [0.29, 0.717) is 0 Å². The summed E-state index contributed by atoms with van der Waals surface area (Å²) >= 11 is 0. The van der Waals surface area contributed by atoms with Crippen molar-refractivity contribution in [3.63, 3.8) is 0 Å². The lowest BCUT2D eigenvalue weighted by Gasteiger charge is -1.98. The van der Waals surface area contributed by atoms with Crippen molar-refractivity contribution in [1.82, 2.24) is 9.97 Å². The molecule has 0 saturated carbocycles. The van der Waals surface area contributed by atoms with Gasteiger partial charge in [-0.15, -0.1) is 0 Å². The van der Waals surface area contributed by atoms with Gasteiger partial charge in [-0.2, -0.15) is 4.98 Å². The van der Waals surface area contributed by atoms with Gasteiger partial charge in [0.25, 0.3) is 0 Å². The molecule has 3 N–H and O–H groups in total. The minimum absolute atomic E-state index is 0.251. The Morgan fingerprint density at radius 1 is 1.75 bits per heavy atom. The molecule has 12 heavy (non-hydrogen) atoms. The molecular weight excluding hydrogens is 162 g/mol. The molecule has 1 aromatic heterocycles. The lowest BCUT2D eigenvalue weighted by atomic mass is 10.5. The molecule has 1 heterocycles. The highest BCUT2D eigenvalue weighted by atomic mass is 16.4. The number of rotatable bonds is 3. The molecule has 0 unspecified atom stereocenters. The van der Waals surface area contributed by atoms with Crippen molar-refractivity contribution in [2.75, 3.05) is 11.9 Å². The van der Waals surface area contributed by atoms with E-state index < -0.39 is 11.7 Å². The summed E-state index contributed by atoms with van der Waals surface area (Å²) in [6, 6.07) is 1.48. The minimum atomic E-state index is -1.00. The van der Waals surface area contributed by atoms with Crippen molar-refractivity contribution in [1.29, 1.82) is 0 Å². The van der Waals surface area contributed by atoms with Gasteiger partial charge in [-0.25, -0.2) is 4.79 Å². The van der Waals surface area contributed by atoms with E-state index in [9.17, 15) is 9.59 Å². The van der Waals surface area contributed by atoms with E-state index in [-0.39, 0.29) is 12.4 Å². The molecule has 0 bridgehead atoms. The van der Waals surface area contributed by atoms with Crippen LogP contribution in [0.2, 0.25) is 0 Å². The first-order chi connectivity index (χ1) is 5.68. The van der Waals surface area contributed by atoms with Gasteiger partial charge in [0, 0.05) is 6.20 Å². The van der Waals surface area contributed by atoms with Crippen molar-refractivity contribution in [2.24, 2.45) is 0 Å². The number of carboxylic acids is 1. The van der Waals surface area contributed by atoms with Gasteiger partial charge in [-0.3, -0.25) is 4.79 Å². The summed E-state index contributed by atoms with van der Waals surface area (Å²) in [7, 11) is 0. The molecule has 0 amide bonds. The normalized spacial score (nSPS) is 9.33. The number of aliphatic carboxylic acids is 1. The summed E-state index contributed by atoms with van der Waals surface area (Å²) in [5.74, 6) is -0.752. The zero-order valence-electron chi connectivity index (χ0n) is 6.07. The van der Waals surface area contributed by atoms with Crippen LogP contribution in [0.1, 0.15) is 0 Å². The van der Waals surface area contributed by atoms with Crippen LogP contribution in [0.3, 0.4) is 0 Å². The molecule has 6 heteroatoms. The molecule has 0 fully saturated rings. The smallest absolute Gasteiger partial charge is 0.346 e. The fourth-order valence-corrected chi connectivity index (χ4v) is 0.635. The quantitative estimate of drug-likeness (QED) is 0.554. The topological polar surface area (TPSA) is 95.1 Å². The number of nitrogens with one attached hydrogen (secondary N) is 2. The molecule has 1 aromatic rings. The Balaban J connectivity index is 2.64. The monoisotopic (exact) mass is 169 g/mol. The number of nitrogens with zero attached hydrogens (tertiary/aromatic N) is 1. The third-order valence-corrected chi connectivity index (χ3v) is 1.09. The van der Waals surface area contributed by atoms with Crippen LogP contribution >= 0.6 is 0 Å². The Morgan fingerprint density at radius 2 is 2.50 bits per heavy atom. The van der Waals surface area contributed by atoms with Gasteiger partial charge in [-0.05, 0) is 6.07 Å². The number of carbonyl (C=O) groups is 1. The summed E-state index contributed by atoms with van der Waals surface area (Å²) in [5.41, 5.74) is -0.509. The van der Waals surface area contributed by atoms with Gasteiger partial charge >= 0.3 is 11.7 Å². The van der Waals surface area contributed by atoms with Gasteiger partial charge in [0.1, 0.15) is 12.4 Å². The van der Waals surface area contributed by atoms with Gasteiger partial charge < -0.3 is 15.4 Å². The third-order valence-electron chi connectivity index (χ3n) is 1.09. The molecule has 0 aliphatic rings. The van der Waals surface area contributed by atoms with Crippen molar-refractivity contribution >= 4 is 11.8 Å². The second kappa shape index (κ2) is 3.51. The van der Waals surface area contributed by atoms with Gasteiger partial charge in [0.2, 0.25) is 0 Å². The first-order valence-corrected chi connectivity index (χ1v) is 3.20. The van der Waals surface area contributed by atoms with Gasteiger partial charge in [-0.1, -0.05) is 0 Å². The lowest BCUT2D eigenvalue weighted by Crippen LogP contribution is -2.17. The number of carboxylic acid groups (broad SMARTS) is 1. The van der Waals surface area contributed by atoms with Crippen LogP contribution in [-0.2, 0) is 4.79 Å². The molecule has 0 aliphatic carbocycles. The molecule has 6 nitrogen and oxygen atoms in total. The zero-order valence-corrected chi connectivity index (χ0v) is 6.07. The molecule has 0 spiro atoms. The zero-order chi connectivity index (χ0) is 8.97. The second-order valence-electron chi connectivity index (χ2n) is 2.03. The van der Waals surface area contributed by atoms with E-state index in [0.717, 1.165) is 0 Å². The number of H-pyrrole nitrogens is 1. The van der Waals surface area contributed by atoms with Crippen molar-refractivity contribution in [2.45, 2.75) is 0 Å². The van der Waals surface area contributed by atoms with Gasteiger partial charge in [0.15, 0.2) is 0 Å².